The Morgan fingerprint density at radius 3 is 2.50 bits per heavy atom. The maximum atomic E-state index is 12.5. The zero-order valence-electron chi connectivity index (χ0n) is 12.5. The number of nitrogen functional groups attached to an aromatic ring is 1. The third kappa shape index (κ3) is 3.15. The molecule has 1 aliphatic rings. The van der Waals surface area contributed by atoms with Crippen molar-refractivity contribution < 1.29 is 8.42 Å². The van der Waals surface area contributed by atoms with Crippen LogP contribution in [0, 0.1) is 19.3 Å². The molecule has 0 aliphatic heterocycles. The van der Waals surface area contributed by atoms with Crippen LogP contribution in [0.5, 0.6) is 0 Å². The van der Waals surface area contributed by atoms with Crippen LogP contribution in [0.3, 0.4) is 0 Å². The lowest BCUT2D eigenvalue weighted by Crippen LogP contribution is -2.31. The summed E-state index contributed by atoms with van der Waals surface area (Å²) < 4.78 is 27.7. The number of sulfonamides is 1. The van der Waals surface area contributed by atoms with E-state index < -0.39 is 10.0 Å². The second-order valence-electron chi connectivity index (χ2n) is 6.05. The Hall–Kier alpha value is -1.07. The van der Waals surface area contributed by atoms with Crippen LogP contribution >= 0.6 is 0 Å². The molecule has 1 aromatic carbocycles. The molecule has 2 rings (SSSR count). The molecule has 0 saturated heterocycles. The molecule has 3 N–H and O–H groups in total. The van der Waals surface area contributed by atoms with Gasteiger partial charge >= 0.3 is 0 Å². The number of hydrogen-bond acceptors (Lipinski definition) is 3. The summed E-state index contributed by atoms with van der Waals surface area (Å²) in [4.78, 5) is 0.308. The van der Waals surface area contributed by atoms with E-state index in [1.165, 1.54) is 0 Å². The molecule has 1 aromatic rings. The average Bonchev–Trinajstić information content (AvgIpc) is 3.12. The van der Waals surface area contributed by atoms with Crippen molar-refractivity contribution in [3.05, 3.63) is 23.3 Å². The monoisotopic (exact) mass is 296 g/mol. The van der Waals surface area contributed by atoms with Gasteiger partial charge in [-0.15, -0.1) is 0 Å². The Balaban J connectivity index is 2.19. The molecular formula is C15H24N2O2S. The van der Waals surface area contributed by atoms with E-state index in [0.717, 1.165) is 31.2 Å². The number of hydrogen-bond donors (Lipinski definition) is 2. The summed E-state index contributed by atoms with van der Waals surface area (Å²) in [5.41, 5.74) is 8.09. The largest absolute Gasteiger partial charge is 0.398 e. The first-order valence-electron chi connectivity index (χ1n) is 7.16. The number of benzene rings is 1. The predicted octanol–water partition coefficient (Wildman–Crippen LogP) is 2.74. The Bertz CT molecular complexity index is 605. The van der Waals surface area contributed by atoms with Crippen molar-refractivity contribution in [2.24, 2.45) is 5.41 Å². The van der Waals surface area contributed by atoms with Crippen molar-refractivity contribution in [3.8, 4) is 0 Å². The van der Waals surface area contributed by atoms with E-state index in [9.17, 15) is 8.42 Å². The van der Waals surface area contributed by atoms with E-state index in [0.29, 0.717) is 22.7 Å². The molecule has 5 heteroatoms. The van der Waals surface area contributed by atoms with Crippen molar-refractivity contribution in [2.75, 3.05) is 12.3 Å². The summed E-state index contributed by atoms with van der Waals surface area (Å²) in [6.45, 7) is 6.28. The molecule has 0 spiro atoms. The fourth-order valence-electron chi connectivity index (χ4n) is 2.68. The van der Waals surface area contributed by atoms with Gasteiger partial charge in [0.2, 0.25) is 10.0 Å². The number of nitrogens with one attached hydrogen (secondary N) is 1. The molecule has 0 atom stereocenters. The average molecular weight is 296 g/mol. The predicted molar refractivity (Wildman–Crippen MR) is 82.1 cm³/mol. The van der Waals surface area contributed by atoms with Crippen molar-refractivity contribution in [2.45, 2.75) is 51.3 Å². The molecule has 0 bridgehead atoms. The fraction of sp³-hybridized carbons (Fsp3) is 0.600. The first kappa shape index (κ1) is 15.3. The highest BCUT2D eigenvalue weighted by atomic mass is 32.2. The lowest BCUT2D eigenvalue weighted by atomic mass is 10.0. The zero-order valence-corrected chi connectivity index (χ0v) is 13.3. The summed E-state index contributed by atoms with van der Waals surface area (Å²) >= 11 is 0. The summed E-state index contributed by atoms with van der Waals surface area (Å²) in [5, 5.41) is 0. The molecular weight excluding hydrogens is 272 g/mol. The van der Waals surface area contributed by atoms with Crippen LogP contribution in [0.1, 0.15) is 43.7 Å². The molecule has 0 amide bonds. The van der Waals surface area contributed by atoms with Crippen LogP contribution in [0.4, 0.5) is 5.69 Å². The van der Waals surface area contributed by atoms with E-state index in [4.69, 9.17) is 5.73 Å². The molecule has 0 radical (unpaired) electrons. The smallest absolute Gasteiger partial charge is 0.240 e. The van der Waals surface area contributed by atoms with E-state index in [1.807, 2.05) is 6.92 Å². The second-order valence-corrected chi connectivity index (χ2v) is 7.79. The van der Waals surface area contributed by atoms with Gasteiger partial charge in [-0.1, -0.05) is 13.3 Å². The topological polar surface area (TPSA) is 72.2 Å². The number of anilines is 1. The summed E-state index contributed by atoms with van der Waals surface area (Å²) in [6.07, 6.45) is 4.43. The van der Waals surface area contributed by atoms with Gasteiger partial charge in [-0.25, -0.2) is 13.1 Å². The number of nitrogens with two attached hydrogens (primary N) is 1. The maximum Gasteiger partial charge on any atom is 0.240 e. The van der Waals surface area contributed by atoms with E-state index in [1.54, 1.807) is 19.1 Å². The van der Waals surface area contributed by atoms with Crippen LogP contribution in [-0.2, 0) is 10.0 Å². The van der Waals surface area contributed by atoms with Crippen LogP contribution in [0.15, 0.2) is 17.0 Å². The third-order valence-corrected chi connectivity index (χ3v) is 5.74. The molecule has 0 aromatic heterocycles. The Morgan fingerprint density at radius 1 is 1.30 bits per heavy atom. The van der Waals surface area contributed by atoms with Crippen molar-refractivity contribution in [1.82, 2.24) is 4.72 Å². The first-order valence-corrected chi connectivity index (χ1v) is 8.64. The van der Waals surface area contributed by atoms with Gasteiger partial charge in [0.1, 0.15) is 0 Å². The Kier molecular flexibility index (Phi) is 4.12. The normalized spacial score (nSPS) is 17.1. The molecule has 1 saturated carbocycles. The molecule has 0 unspecified atom stereocenters. The van der Waals surface area contributed by atoms with Gasteiger partial charge in [-0.3, -0.25) is 0 Å². The second kappa shape index (κ2) is 5.37. The van der Waals surface area contributed by atoms with E-state index in [-0.39, 0.29) is 5.41 Å². The number of aryl methyl sites for hydroxylation is 1. The third-order valence-electron chi connectivity index (χ3n) is 4.21. The van der Waals surface area contributed by atoms with Gasteiger partial charge in [-0.05, 0) is 61.8 Å². The SMILES string of the molecule is CCCC1(CNS(=O)(=O)c2cc(C)cc(N)c2C)CC1. The summed E-state index contributed by atoms with van der Waals surface area (Å²) in [7, 11) is -3.48. The first-order chi connectivity index (χ1) is 9.30. The minimum Gasteiger partial charge on any atom is -0.398 e. The highest BCUT2D eigenvalue weighted by Gasteiger charge is 2.42. The van der Waals surface area contributed by atoms with Crippen LogP contribution in [0.2, 0.25) is 0 Å². The zero-order chi connectivity index (χ0) is 15.0. The maximum absolute atomic E-state index is 12.5. The molecule has 112 valence electrons. The Morgan fingerprint density at radius 2 is 1.95 bits per heavy atom. The van der Waals surface area contributed by atoms with Gasteiger partial charge in [-0.2, -0.15) is 0 Å². The van der Waals surface area contributed by atoms with Gasteiger partial charge in [0.05, 0.1) is 4.90 Å². The number of rotatable bonds is 6. The minimum atomic E-state index is -3.48. The quantitative estimate of drug-likeness (QED) is 0.793. The lowest BCUT2D eigenvalue weighted by Gasteiger charge is -2.17. The minimum absolute atomic E-state index is 0.199. The van der Waals surface area contributed by atoms with Crippen molar-refractivity contribution in [1.29, 1.82) is 0 Å². The molecule has 1 aliphatic carbocycles. The molecule has 4 nitrogen and oxygen atoms in total. The Labute approximate surface area is 121 Å². The molecule has 20 heavy (non-hydrogen) atoms. The van der Waals surface area contributed by atoms with Crippen LogP contribution in [-0.4, -0.2) is 15.0 Å². The van der Waals surface area contributed by atoms with E-state index >= 15 is 0 Å². The summed E-state index contributed by atoms with van der Waals surface area (Å²) in [6, 6.07) is 3.49. The van der Waals surface area contributed by atoms with Crippen LogP contribution < -0.4 is 10.5 Å². The van der Waals surface area contributed by atoms with Gasteiger partial charge in [0.25, 0.3) is 0 Å². The fourth-order valence-corrected chi connectivity index (χ4v) is 4.19. The van der Waals surface area contributed by atoms with Crippen LogP contribution in [0.25, 0.3) is 0 Å². The van der Waals surface area contributed by atoms with E-state index in [2.05, 4.69) is 11.6 Å². The van der Waals surface area contributed by atoms with Crippen molar-refractivity contribution in [3.63, 3.8) is 0 Å². The molecule has 0 heterocycles. The lowest BCUT2D eigenvalue weighted by molar-refractivity contribution is 0.449. The highest BCUT2D eigenvalue weighted by Crippen LogP contribution is 2.49. The molecule has 1 fully saturated rings. The van der Waals surface area contributed by atoms with Gasteiger partial charge in [0.15, 0.2) is 0 Å². The van der Waals surface area contributed by atoms with Gasteiger partial charge in [0, 0.05) is 12.2 Å². The highest BCUT2D eigenvalue weighted by molar-refractivity contribution is 7.89. The van der Waals surface area contributed by atoms with Gasteiger partial charge < -0.3 is 5.73 Å². The van der Waals surface area contributed by atoms with Crippen molar-refractivity contribution >= 4 is 15.7 Å². The standard InChI is InChI=1S/C15H24N2O2S/c1-4-5-15(6-7-15)10-17-20(18,19)14-9-11(2)8-13(16)12(14)3/h8-9,17H,4-7,10,16H2,1-3H3. The summed E-state index contributed by atoms with van der Waals surface area (Å²) in [5.74, 6) is 0.